The van der Waals surface area contributed by atoms with Crippen LogP contribution < -0.4 is 4.74 Å². The van der Waals surface area contributed by atoms with Gasteiger partial charge in [0.05, 0.1) is 17.7 Å². The third-order valence-electron chi connectivity index (χ3n) is 2.54. The fourth-order valence-corrected chi connectivity index (χ4v) is 1.89. The van der Waals surface area contributed by atoms with Gasteiger partial charge < -0.3 is 4.74 Å². The molecule has 0 saturated heterocycles. The molecule has 70 valence electrons. The van der Waals surface area contributed by atoms with Gasteiger partial charge in [0, 0.05) is 6.07 Å². The van der Waals surface area contributed by atoms with Crippen LogP contribution in [0.3, 0.4) is 0 Å². The van der Waals surface area contributed by atoms with Crippen molar-refractivity contribution in [3.8, 4) is 5.88 Å². The van der Waals surface area contributed by atoms with Gasteiger partial charge in [-0.1, -0.05) is 6.07 Å². The summed E-state index contributed by atoms with van der Waals surface area (Å²) in [5.74, 6) is 0.643. The second kappa shape index (κ2) is 3.18. The summed E-state index contributed by atoms with van der Waals surface area (Å²) in [7, 11) is 1.62. The lowest BCUT2D eigenvalue weighted by Gasteiger charge is -2.35. The zero-order valence-corrected chi connectivity index (χ0v) is 8.34. The van der Waals surface area contributed by atoms with E-state index in [4.69, 9.17) is 16.3 Å². The summed E-state index contributed by atoms with van der Waals surface area (Å²) in [5, 5.41) is 0. The zero-order chi connectivity index (χ0) is 9.31. The number of methoxy groups -OCH3 is 1. The highest BCUT2D eigenvalue weighted by atomic mass is 35.5. The fourth-order valence-electron chi connectivity index (χ4n) is 1.52. The van der Waals surface area contributed by atoms with Crippen LogP contribution >= 0.6 is 11.6 Å². The molecule has 0 aliphatic heterocycles. The van der Waals surface area contributed by atoms with Gasteiger partial charge in [0.1, 0.15) is 0 Å². The molecule has 1 aliphatic rings. The Morgan fingerprint density at radius 2 is 2.23 bits per heavy atom. The number of hydrogen-bond donors (Lipinski definition) is 0. The van der Waals surface area contributed by atoms with Gasteiger partial charge in [-0.05, 0) is 25.3 Å². The Morgan fingerprint density at radius 3 is 2.77 bits per heavy atom. The highest BCUT2D eigenvalue weighted by molar-refractivity contribution is 6.24. The summed E-state index contributed by atoms with van der Waals surface area (Å²) in [6.45, 7) is 0. The molecule has 0 unspecified atom stereocenters. The van der Waals surface area contributed by atoms with E-state index in [1.165, 1.54) is 6.42 Å². The van der Waals surface area contributed by atoms with E-state index in [1.54, 1.807) is 7.11 Å². The minimum absolute atomic E-state index is 0.214. The topological polar surface area (TPSA) is 22.1 Å². The zero-order valence-electron chi connectivity index (χ0n) is 7.59. The summed E-state index contributed by atoms with van der Waals surface area (Å²) in [6.07, 6.45) is 3.24. The van der Waals surface area contributed by atoms with Crippen LogP contribution in [0.1, 0.15) is 25.0 Å². The molecule has 1 saturated carbocycles. The molecule has 2 nitrogen and oxygen atoms in total. The average molecular weight is 198 g/mol. The molecule has 1 fully saturated rings. The van der Waals surface area contributed by atoms with Gasteiger partial charge >= 0.3 is 0 Å². The lowest BCUT2D eigenvalue weighted by Crippen LogP contribution is -2.28. The Morgan fingerprint density at radius 1 is 1.46 bits per heavy atom. The van der Waals surface area contributed by atoms with Crippen molar-refractivity contribution in [2.45, 2.75) is 24.1 Å². The lowest BCUT2D eigenvalue weighted by molar-refractivity contribution is 0.344. The second-order valence-electron chi connectivity index (χ2n) is 3.38. The molecule has 0 atom stereocenters. The average Bonchev–Trinajstić information content (AvgIpc) is 2.14. The van der Waals surface area contributed by atoms with Crippen molar-refractivity contribution in [3.63, 3.8) is 0 Å². The molecular formula is C10H12ClNO. The van der Waals surface area contributed by atoms with Crippen LogP contribution in [-0.4, -0.2) is 12.1 Å². The van der Waals surface area contributed by atoms with Gasteiger partial charge in [-0.25, -0.2) is 4.98 Å². The first-order chi connectivity index (χ1) is 6.24. The Hall–Kier alpha value is -0.760. The highest BCUT2D eigenvalue weighted by Crippen LogP contribution is 2.46. The Labute approximate surface area is 82.9 Å². The monoisotopic (exact) mass is 197 g/mol. The number of halogens is 1. The third-order valence-corrected chi connectivity index (χ3v) is 3.11. The molecule has 0 aromatic carbocycles. The maximum atomic E-state index is 6.34. The Kier molecular flexibility index (Phi) is 2.16. The van der Waals surface area contributed by atoms with Crippen LogP contribution in [0.25, 0.3) is 0 Å². The van der Waals surface area contributed by atoms with Gasteiger partial charge in [0.15, 0.2) is 0 Å². The van der Waals surface area contributed by atoms with Gasteiger partial charge in [-0.15, -0.1) is 11.6 Å². The summed E-state index contributed by atoms with van der Waals surface area (Å²) < 4.78 is 5.05. The largest absolute Gasteiger partial charge is 0.481 e. The van der Waals surface area contributed by atoms with Crippen molar-refractivity contribution in [2.75, 3.05) is 7.11 Å². The molecule has 1 heterocycles. The second-order valence-corrected chi connectivity index (χ2v) is 4.11. The molecule has 0 N–H and O–H groups in total. The minimum Gasteiger partial charge on any atom is -0.481 e. The van der Waals surface area contributed by atoms with Gasteiger partial charge in [-0.2, -0.15) is 0 Å². The molecule has 3 heteroatoms. The predicted octanol–water partition coefficient (Wildman–Crippen LogP) is 2.71. The van der Waals surface area contributed by atoms with Gasteiger partial charge in [0.25, 0.3) is 0 Å². The summed E-state index contributed by atoms with van der Waals surface area (Å²) in [5.41, 5.74) is 0.944. The molecular weight excluding hydrogens is 186 g/mol. The van der Waals surface area contributed by atoms with E-state index in [1.807, 2.05) is 18.2 Å². The normalized spacial score (nSPS) is 19.2. The van der Waals surface area contributed by atoms with Crippen molar-refractivity contribution in [1.29, 1.82) is 0 Å². The predicted molar refractivity (Wildman–Crippen MR) is 52.2 cm³/mol. The van der Waals surface area contributed by atoms with Crippen LogP contribution in [0.5, 0.6) is 5.88 Å². The molecule has 0 spiro atoms. The number of nitrogens with zero attached hydrogens (tertiary/aromatic N) is 1. The number of aromatic nitrogens is 1. The van der Waals surface area contributed by atoms with Crippen molar-refractivity contribution in [1.82, 2.24) is 4.98 Å². The first-order valence-electron chi connectivity index (χ1n) is 4.45. The van der Waals surface area contributed by atoms with E-state index in [9.17, 15) is 0 Å². The van der Waals surface area contributed by atoms with Crippen LogP contribution in [0.4, 0.5) is 0 Å². The van der Waals surface area contributed by atoms with Crippen LogP contribution in [0.15, 0.2) is 18.2 Å². The van der Waals surface area contributed by atoms with Gasteiger partial charge in [0.2, 0.25) is 5.88 Å². The van der Waals surface area contributed by atoms with E-state index in [0.29, 0.717) is 5.88 Å². The SMILES string of the molecule is COc1cccc(C2(Cl)CCC2)n1. The quantitative estimate of drug-likeness (QED) is 0.681. The summed E-state index contributed by atoms with van der Waals surface area (Å²) >= 11 is 6.34. The maximum absolute atomic E-state index is 6.34. The van der Waals surface area contributed by atoms with E-state index in [-0.39, 0.29) is 4.87 Å². The number of alkyl halides is 1. The van der Waals surface area contributed by atoms with Crippen molar-refractivity contribution < 1.29 is 4.74 Å². The van der Waals surface area contributed by atoms with Gasteiger partial charge in [-0.3, -0.25) is 0 Å². The third kappa shape index (κ3) is 1.51. The van der Waals surface area contributed by atoms with E-state index in [0.717, 1.165) is 18.5 Å². The van der Waals surface area contributed by atoms with Crippen molar-refractivity contribution >= 4 is 11.6 Å². The fraction of sp³-hybridized carbons (Fsp3) is 0.500. The molecule has 0 bridgehead atoms. The standard InChI is InChI=1S/C10H12ClNO/c1-13-9-5-2-4-8(12-9)10(11)6-3-7-10/h2,4-5H,3,6-7H2,1H3. The number of hydrogen-bond acceptors (Lipinski definition) is 2. The smallest absolute Gasteiger partial charge is 0.213 e. The first kappa shape index (κ1) is 8.82. The van der Waals surface area contributed by atoms with Crippen LogP contribution in [0, 0.1) is 0 Å². The number of rotatable bonds is 2. The molecule has 2 rings (SSSR count). The highest BCUT2D eigenvalue weighted by Gasteiger charge is 2.37. The molecule has 13 heavy (non-hydrogen) atoms. The van der Waals surface area contributed by atoms with E-state index in [2.05, 4.69) is 4.98 Å². The summed E-state index contributed by atoms with van der Waals surface area (Å²) in [6, 6.07) is 5.74. The lowest BCUT2D eigenvalue weighted by atomic mass is 9.81. The van der Waals surface area contributed by atoms with Crippen molar-refractivity contribution in [3.05, 3.63) is 23.9 Å². The molecule has 0 radical (unpaired) electrons. The first-order valence-corrected chi connectivity index (χ1v) is 4.83. The molecule has 1 aromatic rings. The van der Waals surface area contributed by atoms with E-state index < -0.39 is 0 Å². The Bertz CT molecular complexity index is 310. The molecule has 0 amide bonds. The maximum Gasteiger partial charge on any atom is 0.213 e. The Balaban J connectivity index is 2.29. The molecule has 1 aromatic heterocycles. The number of pyridine rings is 1. The van der Waals surface area contributed by atoms with Crippen molar-refractivity contribution in [2.24, 2.45) is 0 Å². The molecule has 1 aliphatic carbocycles. The van der Waals surface area contributed by atoms with Crippen LogP contribution in [-0.2, 0) is 4.87 Å². The minimum atomic E-state index is -0.214. The van der Waals surface area contributed by atoms with E-state index >= 15 is 0 Å². The summed E-state index contributed by atoms with van der Waals surface area (Å²) in [4.78, 5) is 4.12. The number of ether oxygens (including phenoxy) is 1. The van der Waals surface area contributed by atoms with Crippen LogP contribution in [0.2, 0.25) is 0 Å².